The quantitative estimate of drug-likeness (QED) is 0.157. The van der Waals surface area contributed by atoms with Gasteiger partial charge in [0, 0.05) is 44.2 Å². The summed E-state index contributed by atoms with van der Waals surface area (Å²) < 4.78 is 4.41. The normalized spacial score (nSPS) is 12.3. The molecule has 64 heavy (non-hydrogen) atoms. The average molecular weight is 817 g/mol. The Balaban J connectivity index is 1.15. The Bertz CT molecular complexity index is 3480. The zero-order valence-corrected chi connectivity index (χ0v) is 34.6. The van der Waals surface area contributed by atoms with Crippen LogP contribution in [-0.4, -0.2) is 30.8 Å². The first-order valence-corrected chi connectivity index (χ1v) is 21.7. The minimum Gasteiger partial charge on any atom is -0.312 e. The molecule has 0 atom stereocenters. The van der Waals surface area contributed by atoms with E-state index < -0.39 is 0 Å². The van der Waals surface area contributed by atoms with E-state index in [0.717, 1.165) is 82.8 Å². The van der Waals surface area contributed by atoms with Crippen LogP contribution in [-0.2, 0) is 0 Å². The van der Waals surface area contributed by atoms with Crippen molar-refractivity contribution in [2.75, 3.05) is 4.90 Å². The zero-order chi connectivity index (χ0) is 42.1. The lowest BCUT2D eigenvalue weighted by Crippen LogP contribution is -2.58. The maximum Gasteiger partial charge on any atom is 0.248 e. The Hall–Kier alpha value is -8.55. The molecule has 0 N–H and O–H groups in total. The number of nitrogens with zero attached hydrogens (tertiary/aromatic N) is 6. The van der Waals surface area contributed by atoms with Crippen molar-refractivity contribution in [3.63, 3.8) is 0 Å². The monoisotopic (exact) mass is 816 g/mol. The van der Waals surface area contributed by atoms with Gasteiger partial charge in [0.15, 0.2) is 5.82 Å². The minimum atomic E-state index is -0.177. The second kappa shape index (κ2) is 14.5. The summed E-state index contributed by atoms with van der Waals surface area (Å²) in [5, 5.41) is 4.57. The molecule has 0 amide bonds. The zero-order valence-electron chi connectivity index (χ0n) is 34.6. The summed E-state index contributed by atoms with van der Waals surface area (Å²) in [4.78, 5) is 19.1. The highest BCUT2D eigenvalue weighted by Crippen LogP contribution is 2.38. The molecule has 0 unspecified atom stereocenters. The second-order valence-electron chi connectivity index (χ2n) is 16.4. The Morgan fingerprint density at radius 2 is 0.734 bits per heavy atom. The lowest BCUT2D eigenvalue weighted by atomic mass is 9.33. The first-order chi connectivity index (χ1) is 31.8. The highest BCUT2D eigenvalue weighted by Gasteiger charge is 2.38. The average Bonchev–Trinajstić information content (AvgIpc) is 3.89. The highest BCUT2D eigenvalue weighted by molar-refractivity contribution is 6.99. The third-order valence-electron chi connectivity index (χ3n) is 12.9. The maximum atomic E-state index is 5.60. The molecule has 1 aliphatic heterocycles. The van der Waals surface area contributed by atoms with Crippen LogP contribution in [0.2, 0.25) is 0 Å². The van der Waals surface area contributed by atoms with E-state index in [0.29, 0.717) is 17.7 Å². The third kappa shape index (κ3) is 5.51. The Labute approximate surface area is 370 Å². The van der Waals surface area contributed by atoms with Crippen LogP contribution in [0.5, 0.6) is 0 Å². The summed E-state index contributed by atoms with van der Waals surface area (Å²) in [6.07, 6.45) is 0. The van der Waals surface area contributed by atoms with Crippen LogP contribution in [0.25, 0.3) is 78.0 Å². The van der Waals surface area contributed by atoms with Gasteiger partial charge < -0.3 is 4.90 Å². The van der Waals surface area contributed by atoms with Gasteiger partial charge in [-0.1, -0.05) is 176 Å². The minimum absolute atomic E-state index is 0.177. The number of benzene rings is 9. The number of fused-ring (bicyclic) bond motifs is 8. The molecule has 0 radical (unpaired) electrons. The van der Waals surface area contributed by atoms with Gasteiger partial charge in [0.1, 0.15) is 0 Å². The van der Waals surface area contributed by atoms with E-state index in [4.69, 9.17) is 15.0 Å². The van der Waals surface area contributed by atoms with Crippen molar-refractivity contribution >= 4 is 83.8 Å². The van der Waals surface area contributed by atoms with Crippen molar-refractivity contribution in [3.05, 3.63) is 224 Å². The van der Waals surface area contributed by atoms with Gasteiger partial charge in [-0.3, -0.25) is 9.13 Å². The molecule has 6 nitrogen and oxygen atoms in total. The van der Waals surface area contributed by atoms with Crippen LogP contribution in [0.3, 0.4) is 0 Å². The van der Waals surface area contributed by atoms with Gasteiger partial charge >= 0.3 is 0 Å². The van der Waals surface area contributed by atoms with Crippen molar-refractivity contribution in [2.45, 2.75) is 0 Å². The molecule has 0 aliphatic carbocycles. The van der Waals surface area contributed by atoms with Gasteiger partial charge in [-0.05, 0) is 76.0 Å². The number of anilines is 3. The van der Waals surface area contributed by atoms with E-state index in [2.05, 4.69) is 238 Å². The molecule has 0 spiro atoms. The van der Waals surface area contributed by atoms with E-state index in [-0.39, 0.29) is 6.71 Å². The standard InChI is InChI=1S/C57H37BN6/c1-3-20-38(21-4-1)40-28-19-29-45(54(40)58-46-30-11-17-36-52(46)62(39-22-5-2-6-23-39)53-37-18-12-31-47(53)58)55-59-56(63-48-32-13-7-24-41(48)42-25-8-14-33-49(42)63)61-57(60-55)64-50-34-15-9-26-43(50)44-27-10-16-35-51(44)64/h1-37H. The van der Waals surface area contributed by atoms with Crippen molar-refractivity contribution in [3.8, 4) is 34.4 Å². The van der Waals surface area contributed by atoms with E-state index >= 15 is 0 Å². The molecule has 0 saturated carbocycles. The van der Waals surface area contributed by atoms with Crippen LogP contribution >= 0.6 is 0 Å². The van der Waals surface area contributed by atoms with Crippen LogP contribution in [0, 0.1) is 0 Å². The summed E-state index contributed by atoms with van der Waals surface area (Å²) in [5.41, 5.74) is 14.2. The molecule has 1 aliphatic rings. The molecular formula is C57H37BN6. The van der Waals surface area contributed by atoms with E-state index in [1.165, 1.54) is 10.9 Å². The first-order valence-electron chi connectivity index (χ1n) is 21.7. The van der Waals surface area contributed by atoms with Crippen molar-refractivity contribution in [1.29, 1.82) is 0 Å². The van der Waals surface area contributed by atoms with Gasteiger partial charge in [0.25, 0.3) is 0 Å². The number of hydrogen-bond donors (Lipinski definition) is 0. The summed E-state index contributed by atoms with van der Waals surface area (Å²) in [5.74, 6) is 1.70. The summed E-state index contributed by atoms with van der Waals surface area (Å²) in [6, 6.07) is 79.9. The fourth-order valence-electron chi connectivity index (χ4n) is 10.2. The Morgan fingerprint density at radius 3 is 1.23 bits per heavy atom. The Morgan fingerprint density at radius 1 is 0.328 bits per heavy atom. The van der Waals surface area contributed by atoms with Crippen LogP contribution < -0.4 is 21.3 Å². The summed E-state index contributed by atoms with van der Waals surface area (Å²) >= 11 is 0. The maximum absolute atomic E-state index is 5.60. The van der Waals surface area contributed by atoms with Crippen LogP contribution in [0.4, 0.5) is 17.1 Å². The molecule has 0 bridgehead atoms. The fraction of sp³-hybridized carbons (Fsp3) is 0. The fourth-order valence-corrected chi connectivity index (χ4v) is 10.2. The number of aromatic nitrogens is 5. The summed E-state index contributed by atoms with van der Waals surface area (Å²) in [6.45, 7) is -0.177. The lowest BCUT2D eigenvalue weighted by Gasteiger charge is -2.37. The summed E-state index contributed by atoms with van der Waals surface area (Å²) in [7, 11) is 0. The molecule has 4 heterocycles. The van der Waals surface area contributed by atoms with Gasteiger partial charge in [-0.25, -0.2) is 0 Å². The molecule has 298 valence electrons. The van der Waals surface area contributed by atoms with E-state index in [1.807, 2.05) is 0 Å². The van der Waals surface area contributed by atoms with Crippen LogP contribution in [0.15, 0.2) is 224 Å². The van der Waals surface area contributed by atoms with E-state index in [9.17, 15) is 0 Å². The molecule has 13 rings (SSSR count). The third-order valence-corrected chi connectivity index (χ3v) is 12.9. The van der Waals surface area contributed by atoms with Crippen molar-refractivity contribution < 1.29 is 0 Å². The predicted molar refractivity (Wildman–Crippen MR) is 265 cm³/mol. The largest absolute Gasteiger partial charge is 0.312 e. The molecule has 12 aromatic rings. The lowest BCUT2D eigenvalue weighted by molar-refractivity contribution is 0.893. The highest BCUT2D eigenvalue weighted by atomic mass is 15.3. The molecule has 9 aromatic carbocycles. The molecule has 7 heteroatoms. The molecule has 0 saturated heterocycles. The number of para-hydroxylation sites is 7. The molecular weight excluding hydrogens is 779 g/mol. The van der Waals surface area contributed by atoms with Crippen LogP contribution in [0.1, 0.15) is 0 Å². The van der Waals surface area contributed by atoms with Gasteiger partial charge in [0.05, 0.1) is 22.1 Å². The number of hydrogen-bond acceptors (Lipinski definition) is 4. The second-order valence-corrected chi connectivity index (χ2v) is 16.4. The van der Waals surface area contributed by atoms with Crippen molar-refractivity contribution in [1.82, 2.24) is 24.1 Å². The number of rotatable bonds is 6. The van der Waals surface area contributed by atoms with Gasteiger partial charge in [0.2, 0.25) is 18.6 Å². The van der Waals surface area contributed by atoms with Gasteiger partial charge in [-0.2, -0.15) is 15.0 Å². The Kier molecular flexibility index (Phi) is 8.21. The molecule has 0 fully saturated rings. The smallest absolute Gasteiger partial charge is 0.248 e. The SMILES string of the molecule is c1ccc(-c2cccc(-c3nc(-n4c5ccccc5c5ccccc54)nc(-n4c5ccccc5c5ccccc54)n3)c2B2c3ccccc3N(c3ccccc3)c3ccccc32)cc1. The predicted octanol–water partition coefficient (Wildman–Crippen LogP) is 11.7. The van der Waals surface area contributed by atoms with E-state index in [1.54, 1.807) is 0 Å². The molecule has 3 aromatic heterocycles. The topological polar surface area (TPSA) is 51.8 Å². The van der Waals surface area contributed by atoms with Crippen molar-refractivity contribution in [2.24, 2.45) is 0 Å². The van der Waals surface area contributed by atoms with Gasteiger partial charge in [-0.15, -0.1) is 0 Å². The first kappa shape index (κ1) is 36.1.